The molecule has 0 aromatic rings. The first-order valence-corrected chi connectivity index (χ1v) is 8.46. The zero-order valence-corrected chi connectivity index (χ0v) is 13.1. The lowest BCUT2D eigenvalue weighted by molar-refractivity contribution is 0.271. The molecule has 3 rings (SSSR count). The van der Waals surface area contributed by atoms with Crippen LogP contribution in [0.5, 0.6) is 0 Å². The molecule has 0 spiro atoms. The van der Waals surface area contributed by atoms with Gasteiger partial charge in [-0.2, -0.15) is 0 Å². The van der Waals surface area contributed by atoms with Gasteiger partial charge in [0, 0.05) is 39.3 Å². The number of aliphatic imine (C=N–C) groups is 1. The van der Waals surface area contributed by atoms with Crippen molar-refractivity contribution in [1.29, 1.82) is 0 Å². The fraction of sp³-hybridized carbons (Fsp3) is 0.938. The summed E-state index contributed by atoms with van der Waals surface area (Å²) in [6, 6.07) is 0.933. The molecule has 0 aromatic heterocycles. The Morgan fingerprint density at radius 2 is 1.85 bits per heavy atom. The molecule has 1 atom stereocenters. The van der Waals surface area contributed by atoms with Crippen LogP contribution in [0.3, 0.4) is 0 Å². The minimum atomic E-state index is 0.816. The van der Waals surface area contributed by atoms with Crippen molar-refractivity contribution in [3.05, 3.63) is 0 Å². The molecule has 3 aliphatic rings. The molecule has 0 bridgehead atoms. The van der Waals surface area contributed by atoms with Crippen LogP contribution in [0, 0.1) is 11.8 Å². The predicted molar refractivity (Wildman–Crippen MR) is 84.0 cm³/mol. The van der Waals surface area contributed by atoms with Gasteiger partial charge in [-0.25, -0.2) is 0 Å². The standard InChI is InChI=1S/C16H30N4/c1-13-5-8-19(9-6-13)16(17-2)18-11-14-7-10-20(12-14)15-3-4-15/h13-15H,3-12H2,1-2H3,(H,17,18). The third kappa shape index (κ3) is 3.46. The average Bonchev–Trinajstić information content (AvgIpc) is 3.21. The van der Waals surface area contributed by atoms with Crippen molar-refractivity contribution in [3.63, 3.8) is 0 Å². The Hall–Kier alpha value is -0.770. The van der Waals surface area contributed by atoms with Gasteiger partial charge in [0.25, 0.3) is 0 Å². The highest BCUT2D eigenvalue weighted by atomic mass is 15.3. The minimum absolute atomic E-state index is 0.816. The first-order chi connectivity index (χ1) is 9.76. The zero-order chi connectivity index (χ0) is 13.9. The van der Waals surface area contributed by atoms with E-state index in [0.29, 0.717) is 0 Å². The molecule has 2 saturated heterocycles. The molecule has 1 unspecified atom stereocenters. The number of likely N-dealkylation sites (tertiary alicyclic amines) is 2. The highest BCUT2D eigenvalue weighted by Gasteiger charge is 2.34. The quantitative estimate of drug-likeness (QED) is 0.630. The van der Waals surface area contributed by atoms with E-state index < -0.39 is 0 Å². The van der Waals surface area contributed by atoms with E-state index in [1.54, 1.807) is 0 Å². The molecular weight excluding hydrogens is 248 g/mol. The van der Waals surface area contributed by atoms with Gasteiger partial charge in [-0.3, -0.25) is 4.99 Å². The van der Waals surface area contributed by atoms with Crippen LogP contribution in [0.2, 0.25) is 0 Å². The van der Waals surface area contributed by atoms with E-state index >= 15 is 0 Å². The third-order valence-electron chi connectivity index (χ3n) is 5.22. The molecule has 114 valence electrons. The van der Waals surface area contributed by atoms with Crippen LogP contribution in [-0.4, -0.2) is 61.6 Å². The Morgan fingerprint density at radius 3 is 2.50 bits per heavy atom. The van der Waals surface area contributed by atoms with Crippen LogP contribution in [0.15, 0.2) is 4.99 Å². The van der Waals surface area contributed by atoms with Gasteiger partial charge in [-0.15, -0.1) is 0 Å². The fourth-order valence-electron chi connectivity index (χ4n) is 3.59. The normalized spacial score (nSPS) is 30.0. The van der Waals surface area contributed by atoms with Crippen molar-refractivity contribution in [2.24, 2.45) is 16.8 Å². The summed E-state index contributed by atoms with van der Waals surface area (Å²) in [7, 11) is 1.92. The van der Waals surface area contributed by atoms with Gasteiger partial charge >= 0.3 is 0 Å². The lowest BCUT2D eigenvalue weighted by atomic mass is 9.99. The Bertz CT molecular complexity index is 342. The average molecular weight is 278 g/mol. The van der Waals surface area contributed by atoms with E-state index in [0.717, 1.165) is 30.4 Å². The lowest BCUT2D eigenvalue weighted by Gasteiger charge is -2.33. The van der Waals surface area contributed by atoms with Gasteiger partial charge < -0.3 is 15.1 Å². The summed E-state index contributed by atoms with van der Waals surface area (Å²) in [6.45, 7) is 8.41. The molecule has 0 amide bonds. The molecule has 2 aliphatic heterocycles. The summed E-state index contributed by atoms with van der Waals surface area (Å²) in [6.07, 6.45) is 6.85. The molecule has 4 heteroatoms. The van der Waals surface area contributed by atoms with Gasteiger partial charge in [0.15, 0.2) is 5.96 Å². The second-order valence-electron chi connectivity index (χ2n) is 6.98. The zero-order valence-electron chi connectivity index (χ0n) is 13.1. The van der Waals surface area contributed by atoms with Crippen LogP contribution in [-0.2, 0) is 0 Å². The first-order valence-electron chi connectivity index (χ1n) is 8.46. The van der Waals surface area contributed by atoms with Crippen molar-refractivity contribution in [2.45, 2.75) is 45.1 Å². The monoisotopic (exact) mass is 278 g/mol. The summed E-state index contributed by atoms with van der Waals surface area (Å²) in [5.74, 6) is 2.82. The Kier molecular flexibility index (Phi) is 4.49. The topological polar surface area (TPSA) is 30.9 Å². The van der Waals surface area contributed by atoms with Crippen LogP contribution in [0.25, 0.3) is 0 Å². The highest BCUT2D eigenvalue weighted by molar-refractivity contribution is 5.79. The molecule has 1 saturated carbocycles. The van der Waals surface area contributed by atoms with Crippen molar-refractivity contribution in [2.75, 3.05) is 39.8 Å². The number of guanidine groups is 1. The maximum absolute atomic E-state index is 4.48. The molecule has 1 N–H and O–H groups in total. The lowest BCUT2D eigenvalue weighted by Crippen LogP contribution is -2.46. The summed E-state index contributed by atoms with van der Waals surface area (Å²) in [5, 5.41) is 3.63. The Morgan fingerprint density at radius 1 is 1.10 bits per heavy atom. The maximum Gasteiger partial charge on any atom is 0.193 e. The van der Waals surface area contributed by atoms with E-state index in [1.165, 1.54) is 58.3 Å². The minimum Gasteiger partial charge on any atom is -0.356 e. The molecule has 20 heavy (non-hydrogen) atoms. The van der Waals surface area contributed by atoms with Crippen LogP contribution in [0.1, 0.15) is 39.0 Å². The van der Waals surface area contributed by atoms with Gasteiger partial charge in [-0.1, -0.05) is 6.92 Å². The summed E-state index contributed by atoms with van der Waals surface area (Å²) in [5.41, 5.74) is 0. The van der Waals surface area contributed by atoms with Crippen molar-refractivity contribution < 1.29 is 0 Å². The first kappa shape index (κ1) is 14.2. The third-order valence-corrected chi connectivity index (χ3v) is 5.22. The van der Waals surface area contributed by atoms with Crippen molar-refractivity contribution in [3.8, 4) is 0 Å². The van der Waals surface area contributed by atoms with Crippen molar-refractivity contribution in [1.82, 2.24) is 15.1 Å². The molecule has 2 heterocycles. The molecule has 3 fully saturated rings. The summed E-state index contributed by atoms with van der Waals surface area (Å²) < 4.78 is 0. The van der Waals surface area contributed by atoms with Gasteiger partial charge in [0.2, 0.25) is 0 Å². The SMILES string of the molecule is CN=C(NCC1CCN(C2CC2)C1)N1CCC(C)CC1. The second kappa shape index (κ2) is 6.33. The van der Waals surface area contributed by atoms with E-state index in [-0.39, 0.29) is 0 Å². The number of hydrogen-bond acceptors (Lipinski definition) is 2. The Balaban J connectivity index is 1.42. The van der Waals surface area contributed by atoms with Gasteiger partial charge in [0.1, 0.15) is 0 Å². The van der Waals surface area contributed by atoms with Crippen molar-refractivity contribution >= 4 is 5.96 Å². The molecular formula is C16H30N4. The maximum atomic E-state index is 4.48. The number of piperidine rings is 1. The largest absolute Gasteiger partial charge is 0.356 e. The van der Waals surface area contributed by atoms with Gasteiger partial charge in [-0.05, 0) is 50.5 Å². The molecule has 4 nitrogen and oxygen atoms in total. The second-order valence-corrected chi connectivity index (χ2v) is 6.98. The van der Waals surface area contributed by atoms with E-state index in [2.05, 4.69) is 27.0 Å². The summed E-state index contributed by atoms with van der Waals surface area (Å²) >= 11 is 0. The summed E-state index contributed by atoms with van der Waals surface area (Å²) in [4.78, 5) is 9.61. The van der Waals surface area contributed by atoms with E-state index in [4.69, 9.17) is 0 Å². The molecule has 0 radical (unpaired) electrons. The number of hydrogen-bond donors (Lipinski definition) is 1. The smallest absolute Gasteiger partial charge is 0.193 e. The van der Waals surface area contributed by atoms with Gasteiger partial charge in [0.05, 0.1) is 0 Å². The molecule has 1 aliphatic carbocycles. The number of rotatable bonds is 3. The van der Waals surface area contributed by atoms with Crippen LogP contribution in [0.4, 0.5) is 0 Å². The van der Waals surface area contributed by atoms with E-state index in [9.17, 15) is 0 Å². The fourth-order valence-corrected chi connectivity index (χ4v) is 3.59. The van der Waals surface area contributed by atoms with E-state index in [1.807, 2.05) is 7.05 Å². The van der Waals surface area contributed by atoms with Crippen LogP contribution < -0.4 is 5.32 Å². The molecule has 0 aromatic carbocycles. The Labute approximate surface area is 123 Å². The number of nitrogens with one attached hydrogen (secondary N) is 1. The number of nitrogens with zero attached hydrogens (tertiary/aromatic N) is 3. The highest BCUT2D eigenvalue weighted by Crippen LogP contribution is 2.31. The van der Waals surface area contributed by atoms with Crippen LogP contribution >= 0.6 is 0 Å². The predicted octanol–water partition coefficient (Wildman–Crippen LogP) is 1.78.